The first-order valence-electron chi connectivity index (χ1n) is 13.8. The highest BCUT2D eigenvalue weighted by Gasteiger charge is 2.75. The van der Waals surface area contributed by atoms with Crippen LogP contribution in [0.25, 0.3) is 0 Å². The van der Waals surface area contributed by atoms with Gasteiger partial charge in [-0.1, -0.05) is 43.4 Å². The van der Waals surface area contributed by atoms with Crippen molar-refractivity contribution >= 4 is 23.5 Å². The van der Waals surface area contributed by atoms with Crippen LogP contribution in [0.1, 0.15) is 50.2 Å². The zero-order valence-corrected chi connectivity index (χ0v) is 22.5. The number of likely N-dealkylation sites (tertiary alicyclic amines) is 1. The number of ether oxygens (including phenoxy) is 2. The second kappa shape index (κ2) is 10.3. The summed E-state index contributed by atoms with van der Waals surface area (Å²) < 4.78 is 12.6. The van der Waals surface area contributed by atoms with Crippen LogP contribution in [-0.2, 0) is 23.9 Å². The Kier molecular flexibility index (Phi) is 7.22. The molecule has 5 atom stereocenters. The second-order valence-corrected chi connectivity index (χ2v) is 10.9. The molecule has 0 aromatic heterocycles. The van der Waals surface area contributed by atoms with E-state index in [4.69, 9.17) is 9.47 Å². The van der Waals surface area contributed by atoms with Gasteiger partial charge in [-0.05, 0) is 63.1 Å². The fourth-order valence-corrected chi connectivity index (χ4v) is 6.73. The molecule has 1 N–H and O–H groups in total. The molecule has 2 saturated heterocycles. The summed E-state index contributed by atoms with van der Waals surface area (Å²) in [5.41, 5.74) is 0.445. The predicted molar refractivity (Wildman–Crippen MR) is 142 cm³/mol. The Hall–Kier alpha value is -2.97. The van der Waals surface area contributed by atoms with Gasteiger partial charge in [0.05, 0.1) is 12.5 Å². The van der Waals surface area contributed by atoms with Gasteiger partial charge in [-0.25, -0.2) is 0 Å². The molecule has 1 spiro atoms. The number of anilines is 1. The van der Waals surface area contributed by atoms with E-state index in [2.05, 4.69) is 0 Å². The number of allylic oxidation sites excluding steroid dienone is 1. The lowest BCUT2D eigenvalue weighted by Crippen LogP contribution is -2.56. The first kappa shape index (κ1) is 26.6. The highest BCUT2D eigenvalue weighted by Crippen LogP contribution is 2.58. The van der Waals surface area contributed by atoms with Crippen molar-refractivity contribution in [2.24, 2.45) is 11.8 Å². The van der Waals surface area contributed by atoms with Crippen molar-refractivity contribution < 1.29 is 29.0 Å². The number of nitrogens with zero attached hydrogens (tertiary/aromatic N) is 2. The lowest BCUT2D eigenvalue weighted by atomic mass is 9.73. The van der Waals surface area contributed by atoms with E-state index in [1.807, 2.05) is 63.3 Å². The molecule has 4 heterocycles. The van der Waals surface area contributed by atoms with Crippen LogP contribution in [-0.4, -0.2) is 71.3 Å². The Balaban J connectivity index is 1.66. The topological polar surface area (TPSA) is 96.4 Å². The van der Waals surface area contributed by atoms with Gasteiger partial charge in [0.15, 0.2) is 0 Å². The number of fused-ring (bicyclic) bond motifs is 2. The standard InChI is InChI=1S/C30H38N2O6/c1-4-29-13-6-5-9-18-37-28(36)24(29)23-26(34)32(15-7-8-17-33)25-27(35)31(16-10-14-30(23,25)38-29)22-19-20(2)11-12-21(22)3/h6,10-14,19,23-25,33H,4-5,7-9,15-18H2,1-3H3/b13-6-/t23-,24-,25?,29+,30-/m0/s1. The molecule has 38 heavy (non-hydrogen) atoms. The van der Waals surface area contributed by atoms with Gasteiger partial charge in [-0.2, -0.15) is 0 Å². The summed E-state index contributed by atoms with van der Waals surface area (Å²) in [5.74, 6) is -2.67. The SMILES string of the molecule is CC[C@@]12/C=C\CCCOC(=O)[C@@H]1[C@H]1C(=O)N(CCCCO)C3C(=O)N(c4cc(C)ccc4C)CC=C[C@@]31O2. The van der Waals surface area contributed by atoms with Crippen molar-refractivity contribution in [3.8, 4) is 0 Å². The Morgan fingerprint density at radius 3 is 2.63 bits per heavy atom. The van der Waals surface area contributed by atoms with Crippen LogP contribution in [0.5, 0.6) is 0 Å². The van der Waals surface area contributed by atoms with Gasteiger partial charge in [-0.3, -0.25) is 14.4 Å². The molecule has 5 rings (SSSR count). The number of hydrogen-bond donors (Lipinski definition) is 1. The third kappa shape index (κ3) is 4.09. The molecule has 4 aliphatic rings. The molecule has 0 saturated carbocycles. The number of aliphatic hydroxyl groups is 1. The minimum Gasteiger partial charge on any atom is -0.465 e. The van der Waals surface area contributed by atoms with Gasteiger partial charge < -0.3 is 24.4 Å². The Morgan fingerprint density at radius 1 is 1.05 bits per heavy atom. The molecule has 0 radical (unpaired) electrons. The third-order valence-electron chi connectivity index (χ3n) is 8.60. The Labute approximate surface area is 224 Å². The Bertz CT molecular complexity index is 1180. The van der Waals surface area contributed by atoms with E-state index in [9.17, 15) is 19.5 Å². The molecular formula is C30H38N2O6. The van der Waals surface area contributed by atoms with E-state index in [1.54, 1.807) is 9.80 Å². The molecule has 8 heteroatoms. The zero-order chi connectivity index (χ0) is 27.1. The molecule has 0 aliphatic carbocycles. The summed E-state index contributed by atoms with van der Waals surface area (Å²) in [6.07, 6.45) is 10.7. The average molecular weight is 523 g/mol. The fourth-order valence-electron chi connectivity index (χ4n) is 6.73. The number of unbranched alkanes of at least 4 members (excludes halogenated alkanes) is 1. The lowest BCUT2D eigenvalue weighted by molar-refractivity contribution is -0.159. The maximum absolute atomic E-state index is 14.5. The molecule has 2 amide bonds. The first-order valence-corrected chi connectivity index (χ1v) is 13.8. The molecule has 2 fully saturated rings. The van der Waals surface area contributed by atoms with Gasteiger partial charge in [0, 0.05) is 25.4 Å². The number of aryl methyl sites for hydroxylation is 2. The minimum atomic E-state index is -1.30. The predicted octanol–water partition coefficient (Wildman–Crippen LogP) is 3.23. The summed E-state index contributed by atoms with van der Waals surface area (Å²) in [6.45, 7) is 6.82. The Morgan fingerprint density at radius 2 is 1.87 bits per heavy atom. The van der Waals surface area contributed by atoms with Gasteiger partial charge in [0.25, 0.3) is 5.91 Å². The van der Waals surface area contributed by atoms with Crippen LogP contribution in [0.15, 0.2) is 42.5 Å². The largest absolute Gasteiger partial charge is 0.465 e. The summed E-state index contributed by atoms with van der Waals surface area (Å²) >= 11 is 0. The zero-order valence-electron chi connectivity index (χ0n) is 22.5. The van der Waals surface area contributed by atoms with Crippen molar-refractivity contribution in [3.63, 3.8) is 0 Å². The van der Waals surface area contributed by atoms with Gasteiger partial charge in [0.1, 0.15) is 23.2 Å². The molecule has 1 aromatic rings. The number of carbonyl (C=O) groups is 3. The van der Waals surface area contributed by atoms with Crippen LogP contribution >= 0.6 is 0 Å². The van der Waals surface area contributed by atoms with Crippen LogP contribution in [0.3, 0.4) is 0 Å². The molecule has 0 bridgehead atoms. The average Bonchev–Trinajstić information content (AvgIpc) is 3.27. The quantitative estimate of drug-likeness (QED) is 0.350. The van der Waals surface area contributed by atoms with E-state index < -0.39 is 35.0 Å². The number of aliphatic hydroxyl groups excluding tert-OH is 1. The van der Waals surface area contributed by atoms with Crippen LogP contribution in [0.4, 0.5) is 5.69 Å². The molecular weight excluding hydrogens is 484 g/mol. The maximum Gasteiger partial charge on any atom is 0.313 e. The van der Waals surface area contributed by atoms with Crippen LogP contribution < -0.4 is 4.90 Å². The molecule has 1 aromatic carbocycles. The summed E-state index contributed by atoms with van der Waals surface area (Å²) in [4.78, 5) is 45.7. The number of esters is 1. The van der Waals surface area contributed by atoms with Crippen LogP contribution in [0, 0.1) is 25.7 Å². The highest BCUT2D eigenvalue weighted by molar-refractivity contribution is 6.06. The van der Waals surface area contributed by atoms with Crippen molar-refractivity contribution in [3.05, 3.63) is 53.6 Å². The molecule has 1 unspecified atom stereocenters. The third-order valence-corrected chi connectivity index (χ3v) is 8.60. The number of cyclic esters (lactones) is 1. The summed E-state index contributed by atoms with van der Waals surface area (Å²) in [5, 5.41) is 9.40. The van der Waals surface area contributed by atoms with Gasteiger partial charge in [0.2, 0.25) is 5.91 Å². The van der Waals surface area contributed by atoms with E-state index in [-0.39, 0.29) is 25.0 Å². The maximum atomic E-state index is 14.5. The van der Waals surface area contributed by atoms with Crippen molar-refractivity contribution in [1.82, 2.24) is 4.90 Å². The fraction of sp³-hybridized carbons (Fsp3) is 0.567. The highest BCUT2D eigenvalue weighted by atomic mass is 16.6. The van der Waals surface area contributed by atoms with Crippen molar-refractivity contribution in [2.75, 3.05) is 31.2 Å². The number of benzene rings is 1. The van der Waals surface area contributed by atoms with Gasteiger partial charge in [-0.15, -0.1) is 0 Å². The first-order chi connectivity index (χ1) is 18.3. The molecule has 8 nitrogen and oxygen atoms in total. The number of amides is 2. The van der Waals surface area contributed by atoms with E-state index in [0.717, 1.165) is 23.2 Å². The summed E-state index contributed by atoms with van der Waals surface area (Å²) in [7, 11) is 0. The van der Waals surface area contributed by atoms with Crippen LogP contribution in [0.2, 0.25) is 0 Å². The lowest BCUT2D eigenvalue weighted by Gasteiger charge is -2.38. The normalized spacial score (nSPS) is 33.6. The monoisotopic (exact) mass is 522 g/mol. The summed E-state index contributed by atoms with van der Waals surface area (Å²) in [6, 6.07) is 5.06. The van der Waals surface area contributed by atoms with Crippen molar-refractivity contribution in [2.45, 2.75) is 70.1 Å². The number of carbonyl (C=O) groups excluding carboxylic acids is 3. The number of hydrogen-bond acceptors (Lipinski definition) is 6. The van der Waals surface area contributed by atoms with E-state index >= 15 is 0 Å². The molecule has 204 valence electrons. The molecule has 4 aliphatic heterocycles. The van der Waals surface area contributed by atoms with Crippen molar-refractivity contribution in [1.29, 1.82) is 0 Å². The number of rotatable bonds is 6. The van der Waals surface area contributed by atoms with E-state index in [0.29, 0.717) is 38.8 Å². The minimum absolute atomic E-state index is 0.00107. The van der Waals surface area contributed by atoms with E-state index in [1.165, 1.54) is 0 Å². The second-order valence-electron chi connectivity index (χ2n) is 10.9. The smallest absolute Gasteiger partial charge is 0.313 e. The van der Waals surface area contributed by atoms with Gasteiger partial charge >= 0.3 is 5.97 Å².